The predicted octanol–water partition coefficient (Wildman–Crippen LogP) is 4.71. The molecule has 0 fully saturated rings. The third kappa shape index (κ3) is 3.02. The highest BCUT2D eigenvalue weighted by Gasteiger charge is 2.33. The van der Waals surface area contributed by atoms with E-state index in [2.05, 4.69) is 10.3 Å². The number of rotatable bonds is 2. The Labute approximate surface area is 131 Å². The van der Waals surface area contributed by atoms with E-state index < -0.39 is 23.5 Å². The van der Waals surface area contributed by atoms with Gasteiger partial charge in [0.1, 0.15) is 5.82 Å². The van der Waals surface area contributed by atoms with Gasteiger partial charge in [-0.15, -0.1) is 0 Å². The maximum atomic E-state index is 13.5. The summed E-state index contributed by atoms with van der Waals surface area (Å²) in [6, 6.07) is 8.98. The number of thiazole rings is 1. The van der Waals surface area contributed by atoms with Crippen LogP contribution in [0, 0.1) is 5.82 Å². The van der Waals surface area contributed by atoms with Gasteiger partial charge in [0.05, 0.1) is 21.3 Å². The minimum Gasteiger partial charge on any atom is -0.298 e. The van der Waals surface area contributed by atoms with E-state index in [0.717, 1.165) is 23.5 Å². The first-order valence-electron chi connectivity index (χ1n) is 6.39. The van der Waals surface area contributed by atoms with Crippen molar-refractivity contribution in [2.75, 3.05) is 5.32 Å². The van der Waals surface area contributed by atoms with Crippen LogP contribution in [0.25, 0.3) is 10.2 Å². The summed E-state index contributed by atoms with van der Waals surface area (Å²) in [5, 5.41) is 2.31. The molecule has 3 nitrogen and oxygen atoms in total. The van der Waals surface area contributed by atoms with Crippen molar-refractivity contribution >= 4 is 32.6 Å². The highest BCUT2D eigenvalue weighted by Crippen LogP contribution is 2.37. The summed E-state index contributed by atoms with van der Waals surface area (Å²) < 4.78 is 52.6. The van der Waals surface area contributed by atoms with Crippen LogP contribution >= 0.6 is 11.3 Å². The Morgan fingerprint density at radius 1 is 1.09 bits per heavy atom. The van der Waals surface area contributed by atoms with E-state index in [1.165, 1.54) is 30.3 Å². The van der Waals surface area contributed by atoms with Crippen LogP contribution in [-0.2, 0) is 6.18 Å². The fourth-order valence-corrected chi connectivity index (χ4v) is 2.93. The molecule has 0 saturated heterocycles. The topological polar surface area (TPSA) is 42.0 Å². The smallest absolute Gasteiger partial charge is 0.298 e. The van der Waals surface area contributed by atoms with E-state index in [0.29, 0.717) is 0 Å². The van der Waals surface area contributed by atoms with Gasteiger partial charge in [-0.05, 0) is 24.3 Å². The van der Waals surface area contributed by atoms with Crippen molar-refractivity contribution in [3.05, 3.63) is 59.4 Å². The van der Waals surface area contributed by atoms with Crippen LogP contribution in [0.2, 0.25) is 0 Å². The third-order valence-electron chi connectivity index (χ3n) is 3.06. The Morgan fingerprint density at radius 3 is 2.52 bits per heavy atom. The lowest BCUT2D eigenvalue weighted by Gasteiger charge is -2.06. The molecule has 3 aromatic rings. The van der Waals surface area contributed by atoms with Crippen LogP contribution in [0.3, 0.4) is 0 Å². The second-order valence-electron chi connectivity index (χ2n) is 4.60. The van der Waals surface area contributed by atoms with Gasteiger partial charge in [-0.25, -0.2) is 9.37 Å². The molecule has 1 aromatic heterocycles. The average Bonchev–Trinajstić information content (AvgIpc) is 2.88. The summed E-state index contributed by atoms with van der Waals surface area (Å²) >= 11 is 0.891. The SMILES string of the molecule is O=C(Nc1nc2c(C(F)(F)F)cccc2s1)c1ccccc1F. The Morgan fingerprint density at radius 2 is 1.83 bits per heavy atom. The standard InChI is InChI=1S/C15H8F4N2OS/c16-10-6-2-1-4-8(10)13(22)21-14-20-12-9(15(17,18)19)5-3-7-11(12)23-14/h1-7H,(H,20,21,22). The minimum absolute atomic E-state index is 0.0232. The number of aromatic nitrogens is 1. The van der Waals surface area contributed by atoms with Crippen LogP contribution in [0.5, 0.6) is 0 Å². The molecule has 1 heterocycles. The maximum Gasteiger partial charge on any atom is 0.418 e. The molecule has 0 bridgehead atoms. The largest absolute Gasteiger partial charge is 0.418 e. The van der Waals surface area contributed by atoms with Gasteiger partial charge in [0.25, 0.3) is 5.91 Å². The van der Waals surface area contributed by atoms with Crippen molar-refractivity contribution in [2.24, 2.45) is 0 Å². The normalized spacial score (nSPS) is 11.7. The van der Waals surface area contributed by atoms with Crippen molar-refractivity contribution in [3.8, 4) is 0 Å². The number of halogens is 4. The highest BCUT2D eigenvalue weighted by molar-refractivity contribution is 7.22. The monoisotopic (exact) mass is 340 g/mol. The summed E-state index contributed by atoms with van der Waals surface area (Å²) in [6.45, 7) is 0. The molecule has 0 spiro atoms. The molecule has 23 heavy (non-hydrogen) atoms. The number of nitrogens with zero attached hydrogens (tertiary/aromatic N) is 1. The van der Waals surface area contributed by atoms with Crippen molar-refractivity contribution in [1.82, 2.24) is 4.98 Å². The zero-order chi connectivity index (χ0) is 16.6. The number of nitrogens with one attached hydrogen (secondary N) is 1. The Bertz CT molecular complexity index is 889. The molecular formula is C15H8F4N2OS. The number of anilines is 1. The maximum absolute atomic E-state index is 13.5. The number of benzene rings is 2. The first-order chi connectivity index (χ1) is 10.9. The zero-order valence-electron chi connectivity index (χ0n) is 11.3. The molecule has 0 aliphatic rings. The van der Waals surface area contributed by atoms with Crippen LogP contribution in [-0.4, -0.2) is 10.9 Å². The van der Waals surface area contributed by atoms with E-state index in [1.54, 1.807) is 0 Å². The van der Waals surface area contributed by atoms with E-state index in [-0.39, 0.29) is 20.9 Å². The fraction of sp³-hybridized carbons (Fsp3) is 0.0667. The van der Waals surface area contributed by atoms with Gasteiger partial charge < -0.3 is 0 Å². The number of fused-ring (bicyclic) bond motifs is 1. The highest BCUT2D eigenvalue weighted by atomic mass is 32.1. The molecule has 3 rings (SSSR count). The van der Waals surface area contributed by atoms with Gasteiger partial charge in [-0.1, -0.05) is 29.5 Å². The molecule has 0 unspecified atom stereocenters. The minimum atomic E-state index is -4.54. The summed E-state index contributed by atoms with van der Waals surface area (Å²) in [5.74, 6) is -1.49. The molecule has 1 amide bonds. The molecule has 0 atom stereocenters. The molecule has 118 valence electrons. The van der Waals surface area contributed by atoms with Crippen LogP contribution in [0.4, 0.5) is 22.7 Å². The van der Waals surface area contributed by atoms with Gasteiger partial charge in [-0.2, -0.15) is 13.2 Å². The van der Waals surface area contributed by atoms with Crippen molar-refractivity contribution < 1.29 is 22.4 Å². The second-order valence-corrected chi connectivity index (χ2v) is 5.63. The van der Waals surface area contributed by atoms with Crippen molar-refractivity contribution in [3.63, 3.8) is 0 Å². The molecule has 0 aliphatic heterocycles. The van der Waals surface area contributed by atoms with E-state index in [4.69, 9.17) is 0 Å². The molecule has 8 heteroatoms. The number of alkyl halides is 3. The average molecular weight is 340 g/mol. The number of hydrogen-bond donors (Lipinski definition) is 1. The van der Waals surface area contributed by atoms with E-state index >= 15 is 0 Å². The molecular weight excluding hydrogens is 332 g/mol. The lowest BCUT2D eigenvalue weighted by atomic mass is 10.2. The summed E-state index contributed by atoms with van der Waals surface area (Å²) in [5.41, 5.74) is -1.32. The van der Waals surface area contributed by atoms with Gasteiger partial charge in [-0.3, -0.25) is 10.1 Å². The number of carbonyl (C=O) groups is 1. The lowest BCUT2D eigenvalue weighted by molar-refractivity contribution is -0.136. The Balaban J connectivity index is 1.96. The lowest BCUT2D eigenvalue weighted by Crippen LogP contribution is -2.13. The van der Waals surface area contributed by atoms with Crippen LogP contribution in [0.15, 0.2) is 42.5 Å². The number of para-hydroxylation sites is 1. The van der Waals surface area contributed by atoms with Gasteiger partial charge in [0.2, 0.25) is 0 Å². The second kappa shape index (κ2) is 5.62. The van der Waals surface area contributed by atoms with Gasteiger partial charge in [0.15, 0.2) is 5.13 Å². The Kier molecular flexibility index (Phi) is 3.77. The summed E-state index contributed by atoms with van der Waals surface area (Å²) in [6.07, 6.45) is -4.54. The quantitative estimate of drug-likeness (QED) is 0.687. The molecule has 0 aliphatic carbocycles. The third-order valence-corrected chi connectivity index (χ3v) is 4.00. The van der Waals surface area contributed by atoms with Crippen molar-refractivity contribution in [1.29, 1.82) is 0 Å². The summed E-state index contributed by atoms with van der Waals surface area (Å²) in [7, 11) is 0. The molecule has 0 saturated carbocycles. The predicted molar refractivity (Wildman–Crippen MR) is 79.0 cm³/mol. The summed E-state index contributed by atoms with van der Waals surface area (Å²) in [4.78, 5) is 15.8. The number of hydrogen-bond acceptors (Lipinski definition) is 3. The van der Waals surface area contributed by atoms with E-state index in [1.807, 2.05) is 0 Å². The molecule has 2 aromatic carbocycles. The Hall–Kier alpha value is -2.48. The zero-order valence-corrected chi connectivity index (χ0v) is 12.1. The van der Waals surface area contributed by atoms with E-state index in [9.17, 15) is 22.4 Å². The first kappa shape index (κ1) is 15.4. The van der Waals surface area contributed by atoms with Crippen molar-refractivity contribution in [2.45, 2.75) is 6.18 Å². The van der Waals surface area contributed by atoms with Crippen LogP contribution < -0.4 is 5.32 Å². The molecule has 1 N–H and O–H groups in total. The van der Waals surface area contributed by atoms with Gasteiger partial charge in [0, 0.05) is 0 Å². The fourth-order valence-electron chi connectivity index (χ4n) is 2.04. The molecule has 0 radical (unpaired) electrons. The van der Waals surface area contributed by atoms with Crippen LogP contribution in [0.1, 0.15) is 15.9 Å². The number of amides is 1. The number of carbonyl (C=O) groups excluding carboxylic acids is 1. The first-order valence-corrected chi connectivity index (χ1v) is 7.20. The van der Waals surface area contributed by atoms with Gasteiger partial charge >= 0.3 is 6.18 Å².